The van der Waals surface area contributed by atoms with Crippen LogP contribution in [0, 0.1) is 23.0 Å². The van der Waals surface area contributed by atoms with E-state index in [1.165, 1.54) is 29.5 Å². The quantitative estimate of drug-likeness (QED) is 0.292. The van der Waals surface area contributed by atoms with Gasteiger partial charge < -0.3 is 19.1 Å². The highest BCUT2D eigenvalue weighted by Gasteiger charge is 2.27. The van der Waals surface area contributed by atoms with Crippen LogP contribution in [0.5, 0.6) is 5.88 Å². The molecule has 1 N–H and O–H groups in total. The zero-order valence-electron chi connectivity index (χ0n) is 22.1. The smallest absolute Gasteiger partial charge is 0.346 e. The summed E-state index contributed by atoms with van der Waals surface area (Å²) in [4.78, 5) is 24.0. The van der Waals surface area contributed by atoms with E-state index in [-0.39, 0.29) is 40.5 Å². The van der Waals surface area contributed by atoms with E-state index in [0.717, 1.165) is 66.9 Å². The number of carbonyl (C=O) groups is 1. The largest absolute Gasteiger partial charge is 0.477 e. The molecule has 5 heterocycles. The maximum Gasteiger partial charge on any atom is 0.346 e. The van der Waals surface area contributed by atoms with Crippen molar-refractivity contribution in [3.05, 3.63) is 75.6 Å². The van der Waals surface area contributed by atoms with Crippen molar-refractivity contribution < 1.29 is 28.2 Å². The maximum atomic E-state index is 14.5. The van der Waals surface area contributed by atoms with Crippen molar-refractivity contribution in [1.82, 2.24) is 19.4 Å². The van der Waals surface area contributed by atoms with Gasteiger partial charge in [-0.25, -0.2) is 23.5 Å². The van der Waals surface area contributed by atoms with Crippen molar-refractivity contribution >= 4 is 27.7 Å². The molecule has 2 saturated heterocycles. The molecular formula is C29H27F2N5O4S. The molecule has 0 aliphatic carbocycles. The van der Waals surface area contributed by atoms with Gasteiger partial charge in [-0.2, -0.15) is 5.26 Å². The van der Waals surface area contributed by atoms with Crippen molar-refractivity contribution in [2.75, 3.05) is 19.7 Å². The molecule has 2 fully saturated rings. The number of ether oxygens (including phenoxy) is 2. The topological polar surface area (TPSA) is 114 Å². The predicted molar refractivity (Wildman–Crippen MR) is 146 cm³/mol. The number of benzene rings is 1. The van der Waals surface area contributed by atoms with Crippen LogP contribution in [0.15, 0.2) is 36.4 Å². The van der Waals surface area contributed by atoms with Gasteiger partial charge in [-0.1, -0.05) is 6.07 Å². The molecule has 0 amide bonds. The Balaban J connectivity index is 1.10. The fraction of sp³-hybridized carbons (Fsp3) is 0.379. The van der Waals surface area contributed by atoms with Crippen molar-refractivity contribution in [2.24, 2.45) is 0 Å². The molecule has 41 heavy (non-hydrogen) atoms. The molecule has 12 heteroatoms. The lowest BCUT2D eigenvalue weighted by Crippen LogP contribution is -2.35. The van der Waals surface area contributed by atoms with Gasteiger partial charge in [0.05, 0.1) is 36.3 Å². The summed E-state index contributed by atoms with van der Waals surface area (Å²) in [6, 6.07) is 10.6. The third-order valence-electron chi connectivity index (χ3n) is 7.67. The number of likely N-dealkylation sites (tertiary alicyclic amines) is 1. The number of aromatic carboxylic acids is 1. The van der Waals surface area contributed by atoms with Gasteiger partial charge in [0.15, 0.2) is 5.82 Å². The zero-order chi connectivity index (χ0) is 28.5. The lowest BCUT2D eigenvalue weighted by Gasteiger charge is -2.32. The minimum absolute atomic E-state index is 0.111. The first-order chi connectivity index (χ1) is 19.9. The summed E-state index contributed by atoms with van der Waals surface area (Å²) < 4.78 is 42.0. The Bertz CT molecular complexity index is 1640. The minimum atomic E-state index is -0.951. The van der Waals surface area contributed by atoms with Crippen molar-refractivity contribution in [3.8, 4) is 11.9 Å². The summed E-state index contributed by atoms with van der Waals surface area (Å²) in [5, 5.41) is 18.3. The Morgan fingerprint density at radius 1 is 1.15 bits per heavy atom. The van der Waals surface area contributed by atoms with Gasteiger partial charge in [-0.15, -0.1) is 11.3 Å². The molecule has 1 atom stereocenters. The van der Waals surface area contributed by atoms with Crippen LogP contribution >= 0.6 is 11.3 Å². The molecule has 1 aromatic carbocycles. The number of aromatic nitrogens is 3. The first kappa shape index (κ1) is 27.3. The zero-order valence-corrected chi connectivity index (χ0v) is 22.9. The summed E-state index contributed by atoms with van der Waals surface area (Å²) in [6.45, 7) is 3.39. The Hall–Kier alpha value is -3.92. The first-order valence-corrected chi connectivity index (χ1v) is 14.2. The van der Waals surface area contributed by atoms with Crippen LogP contribution in [0.25, 0.3) is 10.3 Å². The minimum Gasteiger partial charge on any atom is -0.477 e. The lowest BCUT2D eigenvalue weighted by atomic mass is 9.93. The molecular weight excluding hydrogens is 552 g/mol. The van der Waals surface area contributed by atoms with E-state index in [0.29, 0.717) is 13.1 Å². The molecule has 4 aromatic rings. The van der Waals surface area contributed by atoms with Crippen LogP contribution in [0.4, 0.5) is 8.78 Å². The number of hydrogen-bond donors (Lipinski definition) is 1. The van der Waals surface area contributed by atoms with Gasteiger partial charge in [0, 0.05) is 23.8 Å². The maximum absolute atomic E-state index is 14.5. The van der Waals surface area contributed by atoms with Crippen LogP contribution in [-0.4, -0.2) is 56.3 Å². The molecule has 0 saturated carbocycles. The molecule has 0 bridgehead atoms. The van der Waals surface area contributed by atoms with Crippen LogP contribution < -0.4 is 4.74 Å². The summed E-state index contributed by atoms with van der Waals surface area (Å²) >= 11 is 1.18. The number of rotatable bonds is 9. The van der Waals surface area contributed by atoms with E-state index in [1.807, 2.05) is 6.07 Å². The fourth-order valence-electron chi connectivity index (χ4n) is 5.26. The van der Waals surface area contributed by atoms with E-state index in [1.54, 1.807) is 12.1 Å². The number of hydrogen-bond acceptors (Lipinski definition) is 8. The molecule has 0 radical (unpaired) electrons. The number of halogens is 2. The van der Waals surface area contributed by atoms with E-state index >= 15 is 0 Å². The van der Waals surface area contributed by atoms with E-state index in [4.69, 9.17) is 19.7 Å². The molecule has 212 valence electrons. The van der Waals surface area contributed by atoms with Crippen molar-refractivity contribution in [2.45, 2.75) is 51.0 Å². The molecule has 2 aliphatic heterocycles. The average Bonchev–Trinajstić information content (AvgIpc) is 3.49. The number of pyridine rings is 1. The van der Waals surface area contributed by atoms with Crippen LogP contribution in [0.3, 0.4) is 0 Å². The Labute approximate surface area is 238 Å². The number of carboxylic acid groups (broad SMARTS) is 1. The third-order valence-corrected chi connectivity index (χ3v) is 8.68. The molecule has 0 spiro atoms. The first-order valence-electron chi connectivity index (χ1n) is 13.4. The highest BCUT2D eigenvalue weighted by Crippen LogP contribution is 2.32. The van der Waals surface area contributed by atoms with Crippen LogP contribution in [-0.2, 0) is 24.4 Å². The molecule has 9 nitrogen and oxygen atoms in total. The Morgan fingerprint density at radius 2 is 1.95 bits per heavy atom. The standard InChI is InChI=1S/C29H27F2N5O4S/c30-21-3-4-23(33-27(21)40-16-19-2-1-17(13-32)11-22(19)31)18-5-8-35(9-6-18)15-26-34-28-24(12-25(41-28)29(37)38)36(26)14-20-7-10-39-20/h1-4,11-12,18,20H,5-10,14-16H2,(H,37,38). The van der Waals surface area contributed by atoms with Gasteiger partial charge in [-0.3, -0.25) is 4.90 Å². The second-order valence-electron chi connectivity index (χ2n) is 10.3. The van der Waals surface area contributed by atoms with Crippen molar-refractivity contribution in [1.29, 1.82) is 5.26 Å². The third kappa shape index (κ3) is 5.79. The summed E-state index contributed by atoms with van der Waals surface area (Å²) in [7, 11) is 0. The number of fused-ring (bicyclic) bond motifs is 1. The second kappa shape index (κ2) is 11.5. The molecule has 1 unspecified atom stereocenters. The molecule has 3 aromatic heterocycles. The second-order valence-corrected chi connectivity index (χ2v) is 11.3. The van der Waals surface area contributed by atoms with Crippen LogP contribution in [0.1, 0.15) is 57.5 Å². The van der Waals surface area contributed by atoms with Gasteiger partial charge in [0.1, 0.15) is 28.0 Å². The van der Waals surface area contributed by atoms with Gasteiger partial charge >= 0.3 is 5.97 Å². The SMILES string of the molecule is N#Cc1ccc(COc2nc(C3CCN(Cc4nc5sc(C(=O)O)cc5n4CC4CCO4)CC3)ccc2F)c(F)c1. The summed E-state index contributed by atoms with van der Waals surface area (Å²) in [5.41, 5.74) is 1.97. The number of thiophene rings is 1. The fourth-order valence-corrected chi connectivity index (χ4v) is 6.15. The predicted octanol–water partition coefficient (Wildman–Crippen LogP) is 5.09. The number of nitriles is 1. The number of carboxylic acids is 1. The monoisotopic (exact) mass is 579 g/mol. The van der Waals surface area contributed by atoms with Crippen LogP contribution in [0.2, 0.25) is 0 Å². The highest BCUT2D eigenvalue weighted by molar-refractivity contribution is 7.20. The van der Waals surface area contributed by atoms with Gasteiger partial charge in [0.25, 0.3) is 5.88 Å². The number of nitrogens with zero attached hydrogens (tertiary/aromatic N) is 5. The normalized spacial score (nSPS) is 17.8. The van der Waals surface area contributed by atoms with Gasteiger partial charge in [0.2, 0.25) is 0 Å². The number of imidazole rings is 1. The Morgan fingerprint density at radius 3 is 2.63 bits per heavy atom. The number of piperidine rings is 1. The van der Waals surface area contributed by atoms with Crippen molar-refractivity contribution in [3.63, 3.8) is 0 Å². The Kier molecular flexibility index (Phi) is 7.66. The molecule has 6 rings (SSSR count). The summed E-state index contributed by atoms with van der Waals surface area (Å²) in [6.07, 6.45) is 2.71. The average molecular weight is 580 g/mol. The van der Waals surface area contributed by atoms with E-state index < -0.39 is 17.6 Å². The van der Waals surface area contributed by atoms with E-state index in [2.05, 4.69) is 14.5 Å². The van der Waals surface area contributed by atoms with E-state index in [9.17, 15) is 18.7 Å². The summed E-state index contributed by atoms with van der Waals surface area (Å²) in [5.74, 6) is -1.32. The van der Waals surface area contributed by atoms with Gasteiger partial charge in [-0.05, 0) is 62.7 Å². The highest BCUT2D eigenvalue weighted by atomic mass is 32.1. The molecule has 2 aliphatic rings. The lowest BCUT2D eigenvalue weighted by molar-refractivity contribution is -0.0592.